The molecule has 28 heavy (non-hydrogen) atoms. The standard InChI is InChI=1S/C20H15ClN2O3S2/c21-14-6-2-1-5-13(14)20(25)26-12-19(24)23-16(18-8-4-10-28-18)11-15(22-23)17-7-3-9-27-17/h1-10,16H,11-12H2. The Hall–Kier alpha value is -2.48. The lowest BCUT2D eigenvalue weighted by molar-refractivity contribution is -0.136. The van der Waals surface area contributed by atoms with Crippen molar-refractivity contribution in [3.63, 3.8) is 0 Å². The van der Waals surface area contributed by atoms with Crippen LogP contribution in [0.15, 0.2) is 64.4 Å². The van der Waals surface area contributed by atoms with Crippen molar-refractivity contribution in [1.29, 1.82) is 0 Å². The summed E-state index contributed by atoms with van der Waals surface area (Å²) in [5, 5.41) is 10.2. The molecule has 1 aromatic carbocycles. The van der Waals surface area contributed by atoms with E-state index in [1.165, 1.54) is 5.01 Å². The fraction of sp³-hybridized carbons (Fsp3) is 0.150. The summed E-state index contributed by atoms with van der Waals surface area (Å²) in [6.45, 7) is -0.396. The van der Waals surface area contributed by atoms with Crippen molar-refractivity contribution in [3.8, 4) is 0 Å². The number of carbonyl (C=O) groups is 2. The number of hydrogen-bond donors (Lipinski definition) is 0. The molecular formula is C20H15ClN2O3S2. The molecule has 1 aliphatic heterocycles. The van der Waals surface area contributed by atoms with E-state index < -0.39 is 12.6 Å². The van der Waals surface area contributed by atoms with E-state index in [9.17, 15) is 9.59 Å². The molecule has 3 heterocycles. The molecule has 1 unspecified atom stereocenters. The SMILES string of the molecule is O=C(OCC(=O)N1N=C(c2cccs2)CC1c1cccs1)c1ccccc1Cl. The number of benzene rings is 1. The molecule has 142 valence electrons. The molecule has 5 nitrogen and oxygen atoms in total. The molecule has 0 saturated heterocycles. The first kappa shape index (κ1) is 18.9. The first-order chi connectivity index (χ1) is 13.6. The van der Waals surface area contributed by atoms with Gasteiger partial charge in [0.2, 0.25) is 0 Å². The van der Waals surface area contributed by atoms with E-state index in [1.54, 1.807) is 46.9 Å². The second-order valence-electron chi connectivity index (χ2n) is 6.05. The lowest BCUT2D eigenvalue weighted by atomic mass is 10.1. The van der Waals surface area contributed by atoms with Crippen LogP contribution in [0.3, 0.4) is 0 Å². The zero-order chi connectivity index (χ0) is 19.5. The van der Waals surface area contributed by atoms with Gasteiger partial charge < -0.3 is 4.74 Å². The van der Waals surface area contributed by atoms with Gasteiger partial charge in [0.15, 0.2) is 6.61 Å². The van der Waals surface area contributed by atoms with Gasteiger partial charge in [0.25, 0.3) is 5.91 Å². The van der Waals surface area contributed by atoms with Gasteiger partial charge in [0.1, 0.15) is 0 Å². The monoisotopic (exact) mass is 430 g/mol. The van der Waals surface area contributed by atoms with Crippen LogP contribution in [0, 0.1) is 0 Å². The molecule has 1 aliphatic rings. The van der Waals surface area contributed by atoms with Crippen molar-refractivity contribution >= 4 is 51.9 Å². The van der Waals surface area contributed by atoms with E-state index in [0.29, 0.717) is 6.42 Å². The molecule has 8 heteroatoms. The third kappa shape index (κ3) is 3.87. The molecule has 0 radical (unpaired) electrons. The molecule has 2 aromatic heterocycles. The van der Waals surface area contributed by atoms with Crippen molar-refractivity contribution in [3.05, 3.63) is 79.6 Å². The number of nitrogens with zero attached hydrogens (tertiary/aromatic N) is 2. The average molecular weight is 431 g/mol. The van der Waals surface area contributed by atoms with Crippen LogP contribution < -0.4 is 0 Å². The fourth-order valence-corrected chi connectivity index (χ4v) is 4.68. The summed E-state index contributed by atoms with van der Waals surface area (Å²) in [5.74, 6) is -1.00. The van der Waals surface area contributed by atoms with Crippen molar-refractivity contribution < 1.29 is 14.3 Å². The minimum Gasteiger partial charge on any atom is -0.452 e. The minimum atomic E-state index is -0.631. The average Bonchev–Trinajstić information content (AvgIpc) is 3.46. The Morgan fingerprint density at radius 2 is 1.89 bits per heavy atom. The van der Waals surface area contributed by atoms with Gasteiger partial charge in [-0.1, -0.05) is 35.9 Å². The normalized spacial score (nSPS) is 16.1. The van der Waals surface area contributed by atoms with Crippen LogP contribution >= 0.6 is 34.3 Å². The summed E-state index contributed by atoms with van der Waals surface area (Å²) in [6.07, 6.45) is 0.630. The maximum Gasteiger partial charge on any atom is 0.340 e. The van der Waals surface area contributed by atoms with E-state index in [1.807, 2.05) is 35.0 Å². The summed E-state index contributed by atoms with van der Waals surface area (Å²) in [6, 6.07) is 14.3. The van der Waals surface area contributed by atoms with Crippen LogP contribution in [0.25, 0.3) is 0 Å². The Kier molecular flexibility index (Phi) is 5.57. The maximum absolute atomic E-state index is 12.8. The van der Waals surface area contributed by atoms with Crippen LogP contribution in [-0.4, -0.2) is 29.2 Å². The third-order valence-corrected chi connectivity index (χ3v) is 6.49. The first-order valence-corrected chi connectivity index (χ1v) is 10.7. The van der Waals surface area contributed by atoms with Crippen LogP contribution in [0.5, 0.6) is 0 Å². The zero-order valence-electron chi connectivity index (χ0n) is 14.6. The van der Waals surface area contributed by atoms with Gasteiger partial charge in [-0.3, -0.25) is 4.79 Å². The highest BCUT2D eigenvalue weighted by molar-refractivity contribution is 7.12. The molecule has 0 saturated carbocycles. The van der Waals surface area contributed by atoms with Crippen molar-refractivity contribution in [2.24, 2.45) is 5.10 Å². The van der Waals surface area contributed by atoms with Gasteiger partial charge in [-0.25, -0.2) is 9.80 Å². The quantitative estimate of drug-likeness (QED) is 0.535. The minimum absolute atomic E-state index is 0.191. The number of rotatable bonds is 5. The number of thiophene rings is 2. The van der Waals surface area contributed by atoms with E-state index in [0.717, 1.165) is 15.5 Å². The summed E-state index contributed by atoms with van der Waals surface area (Å²) in [4.78, 5) is 27.1. The van der Waals surface area contributed by atoms with Gasteiger partial charge in [0.05, 0.1) is 27.2 Å². The molecule has 0 bridgehead atoms. The number of amides is 1. The number of halogens is 1. The van der Waals surface area contributed by atoms with Gasteiger partial charge >= 0.3 is 5.97 Å². The summed E-state index contributed by atoms with van der Waals surface area (Å²) in [7, 11) is 0. The van der Waals surface area contributed by atoms with Crippen LogP contribution in [0.2, 0.25) is 5.02 Å². The van der Waals surface area contributed by atoms with Crippen LogP contribution in [0.1, 0.15) is 32.6 Å². The summed E-state index contributed by atoms with van der Waals surface area (Å²) >= 11 is 9.17. The second kappa shape index (κ2) is 8.26. The van der Waals surface area contributed by atoms with Gasteiger partial charge in [0, 0.05) is 11.3 Å². The van der Waals surface area contributed by atoms with E-state index in [2.05, 4.69) is 5.10 Å². The molecule has 4 rings (SSSR count). The summed E-state index contributed by atoms with van der Waals surface area (Å²) in [5.41, 5.74) is 1.09. The predicted octanol–water partition coefficient (Wildman–Crippen LogP) is 5.00. The van der Waals surface area contributed by atoms with Crippen molar-refractivity contribution in [2.75, 3.05) is 6.61 Å². The van der Waals surface area contributed by atoms with E-state index in [-0.39, 0.29) is 22.5 Å². The molecule has 1 atom stereocenters. The van der Waals surface area contributed by atoms with Crippen molar-refractivity contribution in [1.82, 2.24) is 5.01 Å². The highest BCUT2D eigenvalue weighted by Crippen LogP contribution is 2.35. The van der Waals surface area contributed by atoms with Crippen LogP contribution in [0.4, 0.5) is 0 Å². The number of ether oxygens (including phenoxy) is 1. The molecule has 0 aliphatic carbocycles. The maximum atomic E-state index is 12.8. The van der Waals surface area contributed by atoms with Crippen LogP contribution in [-0.2, 0) is 9.53 Å². The Morgan fingerprint density at radius 1 is 1.11 bits per heavy atom. The second-order valence-corrected chi connectivity index (χ2v) is 8.39. The Labute approximate surface area is 174 Å². The van der Waals surface area contributed by atoms with E-state index >= 15 is 0 Å². The Bertz CT molecular complexity index is 1020. The Balaban J connectivity index is 1.50. The largest absolute Gasteiger partial charge is 0.452 e. The lowest BCUT2D eigenvalue weighted by Crippen LogP contribution is -2.31. The lowest BCUT2D eigenvalue weighted by Gasteiger charge is -2.20. The smallest absolute Gasteiger partial charge is 0.340 e. The number of carbonyl (C=O) groups excluding carboxylic acids is 2. The molecule has 0 N–H and O–H groups in total. The molecular weight excluding hydrogens is 416 g/mol. The number of hydrazone groups is 1. The number of hydrogen-bond acceptors (Lipinski definition) is 6. The molecule has 0 fully saturated rings. The number of esters is 1. The molecule has 1 amide bonds. The van der Waals surface area contributed by atoms with Gasteiger partial charge in [-0.2, -0.15) is 5.10 Å². The van der Waals surface area contributed by atoms with E-state index in [4.69, 9.17) is 16.3 Å². The zero-order valence-corrected chi connectivity index (χ0v) is 17.0. The molecule has 0 spiro atoms. The topological polar surface area (TPSA) is 59.0 Å². The summed E-state index contributed by atoms with van der Waals surface area (Å²) < 4.78 is 5.20. The van der Waals surface area contributed by atoms with Gasteiger partial charge in [-0.05, 0) is 35.0 Å². The predicted molar refractivity (Wildman–Crippen MR) is 111 cm³/mol. The van der Waals surface area contributed by atoms with Crippen molar-refractivity contribution in [2.45, 2.75) is 12.5 Å². The molecule has 3 aromatic rings. The van der Waals surface area contributed by atoms with Gasteiger partial charge in [-0.15, -0.1) is 22.7 Å². The Morgan fingerprint density at radius 3 is 2.61 bits per heavy atom. The first-order valence-electron chi connectivity index (χ1n) is 8.52. The highest BCUT2D eigenvalue weighted by Gasteiger charge is 2.34. The highest BCUT2D eigenvalue weighted by atomic mass is 35.5. The third-order valence-electron chi connectivity index (χ3n) is 4.26. The fourth-order valence-electron chi connectivity index (χ4n) is 2.93.